The fourth-order valence-electron chi connectivity index (χ4n) is 1.63. The smallest absolute Gasteiger partial charge is 0.241 e. The largest absolute Gasteiger partial charge is 0.487 e. The number of pyridine rings is 1. The Balaban J connectivity index is 2.31. The summed E-state index contributed by atoms with van der Waals surface area (Å²) in [4.78, 5) is 3.40. The molecule has 21 heavy (non-hydrogen) atoms. The number of sulfonamides is 1. The third-order valence-electron chi connectivity index (χ3n) is 2.59. The summed E-state index contributed by atoms with van der Waals surface area (Å²) >= 11 is 0. The van der Waals surface area contributed by atoms with Gasteiger partial charge in [0.25, 0.3) is 0 Å². The van der Waals surface area contributed by atoms with Crippen molar-refractivity contribution < 1.29 is 17.5 Å². The Morgan fingerprint density at radius 3 is 2.81 bits per heavy atom. The van der Waals surface area contributed by atoms with Gasteiger partial charge >= 0.3 is 0 Å². The highest BCUT2D eigenvalue weighted by atomic mass is 32.2. The van der Waals surface area contributed by atoms with Crippen LogP contribution in [0.1, 0.15) is 11.3 Å². The number of benzene rings is 1. The quantitative estimate of drug-likeness (QED) is 0.916. The molecule has 0 aliphatic rings. The summed E-state index contributed by atoms with van der Waals surface area (Å²) in [5.41, 5.74) is 0.640. The zero-order chi connectivity index (χ0) is 15.5. The fraction of sp³-hybridized carbons (Fsp3) is 0.0769. The minimum atomic E-state index is -4.12. The first kappa shape index (κ1) is 14.9. The minimum absolute atomic E-state index is 0.0911. The SMILES string of the molecule is N#Cc1ncccc1COc1ccc(F)cc1S(N)(=O)=O. The van der Waals surface area contributed by atoms with Gasteiger partial charge in [0.1, 0.15) is 34.8 Å². The molecule has 0 aliphatic heterocycles. The minimum Gasteiger partial charge on any atom is -0.487 e. The second kappa shape index (κ2) is 5.87. The molecule has 1 aromatic carbocycles. The average molecular weight is 307 g/mol. The summed E-state index contributed by atoms with van der Waals surface area (Å²) < 4.78 is 41.3. The highest BCUT2D eigenvalue weighted by Gasteiger charge is 2.17. The molecule has 0 atom stereocenters. The zero-order valence-electron chi connectivity index (χ0n) is 10.7. The summed E-state index contributed by atoms with van der Waals surface area (Å²) in [6.07, 6.45) is 1.45. The van der Waals surface area contributed by atoms with E-state index in [2.05, 4.69) is 4.98 Å². The van der Waals surface area contributed by atoms with Gasteiger partial charge in [0.05, 0.1) is 0 Å². The van der Waals surface area contributed by atoms with E-state index in [-0.39, 0.29) is 18.1 Å². The van der Waals surface area contributed by atoms with Crippen LogP contribution in [0.5, 0.6) is 5.75 Å². The number of halogens is 1. The van der Waals surface area contributed by atoms with E-state index in [1.807, 2.05) is 6.07 Å². The Kier molecular flexibility index (Phi) is 4.16. The molecule has 2 aromatic rings. The molecular formula is C13H10FN3O3S. The summed E-state index contributed by atoms with van der Waals surface area (Å²) in [6.45, 7) is -0.0924. The second-order valence-electron chi connectivity index (χ2n) is 4.05. The number of hydrogen-bond acceptors (Lipinski definition) is 5. The van der Waals surface area contributed by atoms with E-state index < -0.39 is 20.7 Å². The maximum Gasteiger partial charge on any atom is 0.241 e. The molecule has 0 saturated heterocycles. The Bertz CT molecular complexity index is 816. The third kappa shape index (κ3) is 3.53. The van der Waals surface area contributed by atoms with Gasteiger partial charge in [-0.25, -0.2) is 22.9 Å². The normalized spacial score (nSPS) is 10.9. The standard InChI is InChI=1S/C13H10FN3O3S/c14-10-3-4-12(13(6-10)21(16,18)19)20-8-9-2-1-5-17-11(9)7-15/h1-6H,8H2,(H2,16,18,19). The van der Waals surface area contributed by atoms with Gasteiger partial charge in [-0.15, -0.1) is 0 Å². The number of primary sulfonamides is 1. The maximum atomic E-state index is 13.1. The lowest BCUT2D eigenvalue weighted by molar-refractivity contribution is 0.296. The molecule has 1 heterocycles. The van der Waals surface area contributed by atoms with Crippen LogP contribution in [-0.2, 0) is 16.6 Å². The topological polar surface area (TPSA) is 106 Å². The molecule has 0 amide bonds. The van der Waals surface area contributed by atoms with Crippen molar-refractivity contribution in [2.75, 3.05) is 0 Å². The van der Waals surface area contributed by atoms with Gasteiger partial charge in [0.2, 0.25) is 10.0 Å². The molecule has 0 fully saturated rings. The molecular weight excluding hydrogens is 297 g/mol. The molecule has 0 unspecified atom stereocenters. The molecule has 8 heteroatoms. The predicted molar refractivity (Wildman–Crippen MR) is 71.1 cm³/mol. The van der Waals surface area contributed by atoms with Crippen molar-refractivity contribution in [1.29, 1.82) is 5.26 Å². The van der Waals surface area contributed by atoms with E-state index in [0.717, 1.165) is 18.2 Å². The lowest BCUT2D eigenvalue weighted by atomic mass is 10.2. The van der Waals surface area contributed by atoms with Gasteiger partial charge in [0, 0.05) is 11.8 Å². The lowest BCUT2D eigenvalue weighted by Crippen LogP contribution is -2.14. The number of hydrogen-bond donors (Lipinski definition) is 1. The van der Waals surface area contributed by atoms with Crippen molar-refractivity contribution in [3.8, 4) is 11.8 Å². The first-order valence-corrected chi connectivity index (χ1v) is 7.25. The van der Waals surface area contributed by atoms with Crippen LogP contribution < -0.4 is 9.88 Å². The number of nitrogens with zero attached hydrogens (tertiary/aromatic N) is 2. The van der Waals surface area contributed by atoms with Crippen molar-refractivity contribution in [2.24, 2.45) is 5.14 Å². The molecule has 108 valence electrons. The van der Waals surface area contributed by atoms with E-state index >= 15 is 0 Å². The summed E-state index contributed by atoms with van der Waals surface area (Å²) in [7, 11) is -4.12. The molecule has 0 aliphatic carbocycles. The molecule has 0 spiro atoms. The van der Waals surface area contributed by atoms with E-state index in [0.29, 0.717) is 5.56 Å². The van der Waals surface area contributed by atoms with Gasteiger partial charge < -0.3 is 4.74 Å². The Labute approximate surface area is 120 Å². The van der Waals surface area contributed by atoms with Crippen molar-refractivity contribution in [3.63, 3.8) is 0 Å². The van der Waals surface area contributed by atoms with Gasteiger partial charge in [-0.3, -0.25) is 0 Å². The van der Waals surface area contributed by atoms with Crippen LogP contribution in [0.2, 0.25) is 0 Å². The van der Waals surface area contributed by atoms with E-state index in [4.69, 9.17) is 15.1 Å². The van der Waals surface area contributed by atoms with E-state index in [9.17, 15) is 12.8 Å². The predicted octanol–water partition coefficient (Wildman–Crippen LogP) is 1.32. The Morgan fingerprint density at radius 1 is 1.38 bits per heavy atom. The van der Waals surface area contributed by atoms with Gasteiger partial charge in [-0.2, -0.15) is 5.26 Å². The number of aromatic nitrogens is 1. The van der Waals surface area contributed by atoms with E-state index in [1.54, 1.807) is 12.1 Å². The fourth-order valence-corrected chi connectivity index (χ4v) is 2.32. The van der Waals surface area contributed by atoms with Crippen LogP contribution in [0.15, 0.2) is 41.4 Å². The average Bonchev–Trinajstić information content (AvgIpc) is 2.45. The number of ether oxygens (including phenoxy) is 1. The van der Waals surface area contributed by atoms with Crippen LogP contribution in [0.25, 0.3) is 0 Å². The molecule has 0 saturated carbocycles. The molecule has 2 N–H and O–H groups in total. The van der Waals surface area contributed by atoms with Crippen molar-refractivity contribution in [1.82, 2.24) is 4.98 Å². The van der Waals surface area contributed by atoms with E-state index in [1.165, 1.54) is 6.20 Å². The van der Waals surface area contributed by atoms with Crippen LogP contribution in [-0.4, -0.2) is 13.4 Å². The highest BCUT2D eigenvalue weighted by Crippen LogP contribution is 2.24. The van der Waals surface area contributed by atoms with Crippen LogP contribution in [0.3, 0.4) is 0 Å². The van der Waals surface area contributed by atoms with Crippen LogP contribution in [0, 0.1) is 17.1 Å². The Morgan fingerprint density at radius 2 is 2.14 bits per heavy atom. The number of nitrogens with two attached hydrogens (primary N) is 1. The first-order chi connectivity index (χ1) is 9.91. The zero-order valence-corrected chi connectivity index (χ0v) is 11.5. The highest BCUT2D eigenvalue weighted by molar-refractivity contribution is 7.89. The first-order valence-electron chi connectivity index (χ1n) is 5.71. The van der Waals surface area contributed by atoms with Crippen LogP contribution >= 0.6 is 0 Å². The molecule has 1 aromatic heterocycles. The third-order valence-corrected chi connectivity index (χ3v) is 3.52. The summed E-state index contributed by atoms with van der Waals surface area (Å²) in [5, 5.41) is 13.9. The van der Waals surface area contributed by atoms with Gasteiger partial charge in [-0.1, -0.05) is 6.07 Å². The maximum absolute atomic E-state index is 13.1. The summed E-state index contributed by atoms with van der Waals surface area (Å²) in [5.74, 6) is -0.836. The lowest BCUT2D eigenvalue weighted by Gasteiger charge is -2.10. The van der Waals surface area contributed by atoms with Gasteiger partial charge in [-0.05, 0) is 24.3 Å². The molecule has 6 nitrogen and oxygen atoms in total. The second-order valence-corrected chi connectivity index (χ2v) is 5.58. The molecule has 0 bridgehead atoms. The number of nitriles is 1. The van der Waals surface area contributed by atoms with Crippen molar-refractivity contribution in [3.05, 3.63) is 53.6 Å². The van der Waals surface area contributed by atoms with Crippen molar-refractivity contribution >= 4 is 10.0 Å². The molecule has 0 radical (unpaired) electrons. The monoisotopic (exact) mass is 307 g/mol. The van der Waals surface area contributed by atoms with Crippen LogP contribution in [0.4, 0.5) is 4.39 Å². The molecule has 2 rings (SSSR count). The van der Waals surface area contributed by atoms with Gasteiger partial charge in [0.15, 0.2) is 0 Å². The van der Waals surface area contributed by atoms with Crippen molar-refractivity contribution in [2.45, 2.75) is 11.5 Å². The summed E-state index contributed by atoms with van der Waals surface area (Å²) in [6, 6.07) is 8.12. The number of rotatable bonds is 4. The Hall–Kier alpha value is -2.50.